The molecule has 0 unspecified atom stereocenters. The molecule has 0 aliphatic heterocycles. The molecule has 0 nitrogen and oxygen atoms in total. The molecule has 62 valence electrons. The lowest BCUT2D eigenvalue weighted by Gasteiger charge is -1.91. The van der Waals surface area contributed by atoms with E-state index in [4.69, 9.17) is 0 Å². The number of rotatable bonds is 2. The highest BCUT2D eigenvalue weighted by molar-refractivity contribution is 5.52. The van der Waals surface area contributed by atoms with Gasteiger partial charge in [0.25, 0.3) is 0 Å². The Morgan fingerprint density at radius 2 is 1.83 bits per heavy atom. The summed E-state index contributed by atoms with van der Waals surface area (Å²) in [4.78, 5) is 0. The van der Waals surface area contributed by atoms with E-state index in [9.17, 15) is 0 Å². The summed E-state index contributed by atoms with van der Waals surface area (Å²) in [5.41, 5.74) is 2.54. The van der Waals surface area contributed by atoms with E-state index in [0.717, 1.165) is 0 Å². The summed E-state index contributed by atoms with van der Waals surface area (Å²) in [7, 11) is 0. The predicted molar refractivity (Wildman–Crippen MR) is 54.9 cm³/mol. The van der Waals surface area contributed by atoms with E-state index in [1.54, 1.807) is 0 Å². The first-order chi connectivity index (χ1) is 5.83. The van der Waals surface area contributed by atoms with Crippen molar-refractivity contribution < 1.29 is 0 Å². The molecule has 0 atom stereocenters. The van der Waals surface area contributed by atoms with Gasteiger partial charge in [0.1, 0.15) is 0 Å². The lowest BCUT2D eigenvalue weighted by molar-refractivity contribution is 1.48. The average Bonchev–Trinajstić information content (AvgIpc) is 2.16. The second-order valence-corrected chi connectivity index (χ2v) is 2.78. The van der Waals surface area contributed by atoms with Crippen molar-refractivity contribution in [3.05, 3.63) is 53.6 Å². The van der Waals surface area contributed by atoms with E-state index in [1.807, 2.05) is 25.1 Å². The topological polar surface area (TPSA) is 0 Å². The molecule has 0 N–H and O–H groups in total. The summed E-state index contributed by atoms with van der Waals surface area (Å²) in [5, 5.41) is 0. The Balaban J connectivity index is 2.70. The molecule has 0 radical (unpaired) electrons. The van der Waals surface area contributed by atoms with Crippen LogP contribution >= 0.6 is 0 Å². The van der Waals surface area contributed by atoms with Crippen molar-refractivity contribution in [2.24, 2.45) is 0 Å². The van der Waals surface area contributed by atoms with Gasteiger partial charge in [0.2, 0.25) is 0 Å². The number of allylic oxidation sites excluding steroid dienone is 3. The minimum atomic E-state index is 1.25. The maximum atomic E-state index is 2.12. The smallest absolute Gasteiger partial charge is 0.0257 e. The monoisotopic (exact) mass is 158 g/mol. The van der Waals surface area contributed by atoms with Crippen molar-refractivity contribution in [2.75, 3.05) is 0 Å². The van der Waals surface area contributed by atoms with Gasteiger partial charge in [-0.3, -0.25) is 0 Å². The standard InChI is InChI=1S/C12H14/c1-3-11(2)9-10-12-7-5-4-6-8-12/h3-10H,1-2H3/b10-9-,11-3-. The van der Waals surface area contributed by atoms with Crippen LogP contribution in [0, 0.1) is 0 Å². The maximum absolute atomic E-state index is 2.12. The van der Waals surface area contributed by atoms with Gasteiger partial charge in [-0.15, -0.1) is 0 Å². The van der Waals surface area contributed by atoms with E-state index in [1.165, 1.54) is 11.1 Å². The van der Waals surface area contributed by atoms with E-state index in [-0.39, 0.29) is 0 Å². The summed E-state index contributed by atoms with van der Waals surface area (Å²) in [6.07, 6.45) is 6.34. The third-order valence-corrected chi connectivity index (χ3v) is 1.79. The first-order valence-corrected chi connectivity index (χ1v) is 4.19. The number of hydrogen-bond acceptors (Lipinski definition) is 0. The van der Waals surface area contributed by atoms with Crippen LogP contribution in [0.4, 0.5) is 0 Å². The molecule has 0 fully saturated rings. The average molecular weight is 158 g/mol. The van der Waals surface area contributed by atoms with Gasteiger partial charge in [0.15, 0.2) is 0 Å². The molecule has 0 aliphatic rings. The lowest BCUT2D eigenvalue weighted by atomic mass is 10.2. The molecular weight excluding hydrogens is 144 g/mol. The molecule has 1 rings (SSSR count). The molecule has 0 saturated carbocycles. The van der Waals surface area contributed by atoms with Crippen LogP contribution in [0.2, 0.25) is 0 Å². The zero-order valence-corrected chi connectivity index (χ0v) is 7.62. The van der Waals surface area contributed by atoms with Crippen molar-refractivity contribution >= 4 is 6.08 Å². The Morgan fingerprint density at radius 3 is 2.42 bits per heavy atom. The Kier molecular flexibility index (Phi) is 3.34. The number of hydrogen-bond donors (Lipinski definition) is 0. The van der Waals surface area contributed by atoms with Gasteiger partial charge in [-0.1, -0.05) is 54.1 Å². The molecule has 0 bridgehead atoms. The van der Waals surface area contributed by atoms with E-state index >= 15 is 0 Å². The molecule has 0 aliphatic carbocycles. The molecule has 0 amide bonds. The highest BCUT2D eigenvalue weighted by Crippen LogP contribution is 2.03. The number of benzene rings is 1. The summed E-state index contributed by atoms with van der Waals surface area (Å²) in [6.45, 7) is 4.14. The Labute approximate surface area is 74.2 Å². The highest BCUT2D eigenvalue weighted by atomic mass is 13.9. The summed E-state index contributed by atoms with van der Waals surface area (Å²) < 4.78 is 0. The maximum Gasteiger partial charge on any atom is -0.0257 e. The fourth-order valence-corrected chi connectivity index (χ4v) is 0.888. The SMILES string of the molecule is C/C=C(C)\C=C/c1ccccc1. The second-order valence-electron chi connectivity index (χ2n) is 2.78. The summed E-state index contributed by atoms with van der Waals surface area (Å²) in [5.74, 6) is 0. The van der Waals surface area contributed by atoms with Gasteiger partial charge in [0, 0.05) is 0 Å². The van der Waals surface area contributed by atoms with Crippen LogP contribution < -0.4 is 0 Å². The van der Waals surface area contributed by atoms with Crippen LogP contribution in [-0.4, -0.2) is 0 Å². The fraction of sp³-hybridized carbons (Fsp3) is 0.167. The minimum absolute atomic E-state index is 1.25. The summed E-state index contributed by atoms with van der Waals surface area (Å²) in [6, 6.07) is 10.3. The van der Waals surface area contributed by atoms with Crippen molar-refractivity contribution in [1.29, 1.82) is 0 Å². The van der Waals surface area contributed by atoms with Gasteiger partial charge in [-0.05, 0) is 19.4 Å². The zero-order valence-electron chi connectivity index (χ0n) is 7.62. The van der Waals surface area contributed by atoms with E-state index in [0.29, 0.717) is 0 Å². The Bertz CT molecular complexity index is 278. The third-order valence-electron chi connectivity index (χ3n) is 1.79. The first kappa shape index (κ1) is 8.79. The molecular formula is C12H14. The van der Waals surface area contributed by atoms with Crippen LogP contribution in [0.1, 0.15) is 19.4 Å². The predicted octanol–water partition coefficient (Wildman–Crippen LogP) is 3.67. The van der Waals surface area contributed by atoms with Crippen molar-refractivity contribution in [3.8, 4) is 0 Å². The molecule has 0 heterocycles. The minimum Gasteiger partial charge on any atom is -0.0847 e. The van der Waals surface area contributed by atoms with Gasteiger partial charge in [-0.25, -0.2) is 0 Å². The van der Waals surface area contributed by atoms with Crippen molar-refractivity contribution in [2.45, 2.75) is 13.8 Å². The summed E-state index contributed by atoms with van der Waals surface area (Å²) >= 11 is 0. The molecule has 0 saturated heterocycles. The van der Waals surface area contributed by atoms with Crippen LogP contribution in [0.25, 0.3) is 6.08 Å². The zero-order chi connectivity index (χ0) is 8.81. The van der Waals surface area contributed by atoms with Crippen LogP contribution in [0.15, 0.2) is 48.1 Å². The quantitative estimate of drug-likeness (QED) is 0.576. The van der Waals surface area contributed by atoms with E-state index in [2.05, 4.69) is 37.3 Å². The highest BCUT2D eigenvalue weighted by Gasteiger charge is 1.82. The van der Waals surface area contributed by atoms with Crippen LogP contribution in [0.5, 0.6) is 0 Å². The van der Waals surface area contributed by atoms with Gasteiger partial charge < -0.3 is 0 Å². The Hall–Kier alpha value is -1.30. The largest absolute Gasteiger partial charge is 0.0847 e. The molecule has 1 aromatic carbocycles. The molecule has 0 heteroatoms. The molecule has 0 aromatic heterocycles. The second kappa shape index (κ2) is 4.55. The molecule has 1 aromatic rings. The van der Waals surface area contributed by atoms with Gasteiger partial charge >= 0.3 is 0 Å². The normalized spacial score (nSPS) is 12.3. The van der Waals surface area contributed by atoms with Crippen LogP contribution in [-0.2, 0) is 0 Å². The third kappa shape index (κ3) is 2.75. The van der Waals surface area contributed by atoms with Crippen LogP contribution in [0.3, 0.4) is 0 Å². The van der Waals surface area contributed by atoms with Crippen molar-refractivity contribution in [1.82, 2.24) is 0 Å². The lowest BCUT2D eigenvalue weighted by Crippen LogP contribution is -1.69. The first-order valence-electron chi connectivity index (χ1n) is 4.19. The molecule has 0 spiro atoms. The van der Waals surface area contributed by atoms with Gasteiger partial charge in [-0.2, -0.15) is 0 Å². The van der Waals surface area contributed by atoms with E-state index < -0.39 is 0 Å². The fourth-order valence-electron chi connectivity index (χ4n) is 0.888. The van der Waals surface area contributed by atoms with Crippen molar-refractivity contribution in [3.63, 3.8) is 0 Å². The molecule has 12 heavy (non-hydrogen) atoms. The van der Waals surface area contributed by atoms with Gasteiger partial charge in [0.05, 0.1) is 0 Å². The Morgan fingerprint density at radius 1 is 1.17 bits per heavy atom.